The Morgan fingerprint density at radius 3 is 1.81 bits per heavy atom. The zero-order valence-electron chi connectivity index (χ0n) is 15.3. The van der Waals surface area contributed by atoms with Crippen molar-refractivity contribution in [3.63, 3.8) is 0 Å². The van der Waals surface area contributed by atoms with E-state index >= 15 is 0 Å². The summed E-state index contributed by atoms with van der Waals surface area (Å²) in [5, 5.41) is 2.15. The van der Waals surface area contributed by atoms with Gasteiger partial charge in [-0.2, -0.15) is 0 Å². The first kappa shape index (κ1) is 17.0. The van der Waals surface area contributed by atoms with Crippen molar-refractivity contribution in [3.8, 4) is 11.5 Å². The lowest BCUT2D eigenvalue weighted by Gasteiger charge is -2.18. The molecule has 27 heavy (non-hydrogen) atoms. The molecule has 0 aromatic heterocycles. The highest BCUT2D eigenvalue weighted by Crippen LogP contribution is 2.40. The zero-order chi connectivity index (χ0) is 18.2. The van der Waals surface area contributed by atoms with Crippen LogP contribution in [0.3, 0.4) is 0 Å². The molecule has 3 aliphatic heterocycles. The fourth-order valence-electron chi connectivity index (χ4n) is 3.45. The third-order valence-electron chi connectivity index (χ3n) is 5.13. The van der Waals surface area contributed by atoms with Gasteiger partial charge < -0.3 is 23.7 Å². The minimum absolute atomic E-state index is 0.216. The van der Waals surface area contributed by atoms with E-state index in [-0.39, 0.29) is 6.10 Å². The Balaban J connectivity index is 1.56. The molecule has 0 saturated carbocycles. The normalized spacial score (nSPS) is 25.3. The molecular weight excluding hydrogens is 344 g/mol. The van der Waals surface area contributed by atoms with Crippen molar-refractivity contribution < 1.29 is 23.7 Å². The second kappa shape index (κ2) is 7.15. The van der Waals surface area contributed by atoms with Crippen LogP contribution in [0, 0.1) is 0 Å². The second-order valence-corrected chi connectivity index (χ2v) is 7.39. The maximum atomic E-state index is 6.21. The molecule has 3 fully saturated rings. The third kappa shape index (κ3) is 3.95. The SMILES string of the molecule is C=CCOc1c(CC2CO2)ccc2c(OCC3CO3)c(CC3CO3)ccc12. The molecule has 3 aliphatic rings. The van der Waals surface area contributed by atoms with Crippen LogP contribution in [0.5, 0.6) is 11.5 Å². The van der Waals surface area contributed by atoms with Gasteiger partial charge in [0.2, 0.25) is 0 Å². The molecule has 2 aromatic carbocycles. The fraction of sp³-hybridized carbons (Fsp3) is 0.455. The summed E-state index contributed by atoms with van der Waals surface area (Å²) in [5.41, 5.74) is 2.35. The summed E-state index contributed by atoms with van der Waals surface area (Å²) in [6.07, 6.45) is 4.35. The van der Waals surface area contributed by atoms with Crippen molar-refractivity contribution in [1.82, 2.24) is 0 Å². The number of rotatable bonds is 10. The van der Waals surface area contributed by atoms with Crippen molar-refractivity contribution in [1.29, 1.82) is 0 Å². The number of epoxide rings is 3. The Labute approximate surface area is 158 Å². The van der Waals surface area contributed by atoms with E-state index in [1.54, 1.807) is 6.08 Å². The van der Waals surface area contributed by atoms with Gasteiger partial charge in [-0.25, -0.2) is 0 Å². The smallest absolute Gasteiger partial charge is 0.131 e. The fourth-order valence-corrected chi connectivity index (χ4v) is 3.45. The van der Waals surface area contributed by atoms with Crippen LogP contribution in [0.25, 0.3) is 10.8 Å². The number of ether oxygens (including phenoxy) is 5. The molecule has 0 bridgehead atoms. The van der Waals surface area contributed by atoms with Crippen LogP contribution < -0.4 is 9.47 Å². The first-order valence-corrected chi connectivity index (χ1v) is 9.60. The predicted molar refractivity (Wildman–Crippen MR) is 102 cm³/mol. The van der Waals surface area contributed by atoms with Gasteiger partial charge >= 0.3 is 0 Å². The standard InChI is InChI=1S/C22H24O5/c1-2-7-23-21-14(8-16-10-24-16)3-6-20-19(21)5-4-15(9-17-11-25-17)22(20)27-13-18-12-26-18/h2-6,16-18H,1,7-13H2. The van der Waals surface area contributed by atoms with E-state index in [2.05, 4.69) is 30.8 Å². The lowest BCUT2D eigenvalue weighted by molar-refractivity contribution is 0.263. The van der Waals surface area contributed by atoms with Crippen LogP contribution in [0.1, 0.15) is 11.1 Å². The highest BCUT2D eigenvalue weighted by atomic mass is 16.6. The van der Waals surface area contributed by atoms with Crippen molar-refractivity contribution in [2.75, 3.05) is 33.0 Å². The summed E-state index contributed by atoms with van der Waals surface area (Å²) in [5.74, 6) is 1.83. The molecule has 0 radical (unpaired) electrons. The molecular formula is C22H24O5. The van der Waals surface area contributed by atoms with E-state index < -0.39 is 0 Å². The Kier molecular flexibility index (Phi) is 4.52. The van der Waals surface area contributed by atoms with Crippen LogP contribution >= 0.6 is 0 Å². The first-order chi connectivity index (χ1) is 13.3. The molecule has 0 amide bonds. The molecule has 5 heteroatoms. The van der Waals surface area contributed by atoms with Crippen molar-refractivity contribution in [2.45, 2.75) is 31.2 Å². The van der Waals surface area contributed by atoms with Crippen LogP contribution in [0.4, 0.5) is 0 Å². The number of hydrogen-bond acceptors (Lipinski definition) is 5. The van der Waals surface area contributed by atoms with Crippen LogP contribution in [0.15, 0.2) is 36.9 Å². The van der Waals surface area contributed by atoms with Gasteiger partial charge in [-0.15, -0.1) is 0 Å². The highest BCUT2D eigenvalue weighted by molar-refractivity contribution is 5.95. The molecule has 0 spiro atoms. The Morgan fingerprint density at radius 2 is 1.33 bits per heavy atom. The van der Waals surface area contributed by atoms with Crippen molar-refractivity contribution in [3.05, 3.63) is 48.0 Å². The maximum absolute atomic E-state index is 6.21. The highest BCUT2D eigenvalue weighted by Gasteiger charge is 2.29. The molecule has 2 aromatic rings. The topological polar surface area (TPSA) is 56.0 Å². The number of benzene rings is 2. The average Bonchev–Trinajstić information content (AvgIpc) is 3.53. The lowest BCUT2D eigenvalue weighted by atomic mass is 9.97. The van der Waals surface area contributed by atoms with Crippen LogP contribution in [-0.2, 0) is 27.1 Å². The summed E-state index contributed by atoms with van der Waals surface area (Å²) in [6.45, 7) is 7.28. The van der Waals surface area contributed by atoms with Gasteiger partial charge in [-0.1, -0.05) is 36.9 Å². The van der Waals surface area contributed by atoms with E-state index in [1.807, 2.05) is 0 Å². The van der Waals surface area contributed by atoms with Gasteiger partial charge in [0.25, 0.3) is 0 Å². The molecule has 3 unspecified atom stereocenters. The van der Waals surface area contributed by atoms with E-state index in [4.69, 9.17) is 23.7 Å². The minimum Gasteiger partial charge on any atom is -0.490 e. The monoisotopic (exact) mass is 368 g/mol. The van der Waals surface area contributed by atoms with Gasteiger partial charge in [0.1, 0.15) is 30.8 Å². The van der Waals surface area contributed by atoms with Crippen molar-refractivity contribution in [2.24, 2.45) is 0 Å². The Bertz CT molecular complexity index is 849. The van der Waals surface area contributed by atoms with Gasteiger partial charge in [0.05, 0.1) is 32.0 Å². The molecule has 3 saturated heterocycles. The van der Waals surface area contributed by atoms with E-state index in [0.29, 0.717) is 25.4 Å². The number of fused-ring (bicyclic) bond motifs is 1. The molecule has 3 heterocycles. The van der Waals surface area contributed by atoms with Gasteiger partial charge in [0, 0.05) is 23.6 Å². The second-order valence-electron chi connectivity index (χ2n) is 7.39. The molecule has 5 nitrogen and oxygen atoms in total. The summed E-state index contributed by atoms with van der Waals surface area (Å²) >= 11 is 0. The third-order valence-corrected chi connectivity index (χ3v) is 5.13. The van der Waals surface area contributed by atoms with Gasteiger partial charge in [0.15, 0.2) is 0 Å². The molecule has 0 N–H and O–H groups in total. The molecule has 3 atom stereocenters. The van der Waals surface area contributed by atoms with Gasteiger partial charge in [-0.05, 0) is 11.1 Å². The summed E-state index contributed by atoms with van der Waals surface area (Å²) < 4.78 is 28.5. The van der Waals surface area contributed by atoms with Crippen LogP contribution in [-0.4, -0.2) is 51.3 Å². The molecule has 5 rings (SSSR count). The summed E-state index contributed by atoms with van der Waals surface area (Å²) in [6, 6.07) is 8.57. The molecule has 0 aliphatic carbocycles. The van der Waals surface area contributed by atoms with Crippen LogP contribution in [0.2, 0.25) is 0 Å². The Hall–Kier alpha value is -2.08. The first-order valence-electron chi connectivity index (χ1n) is 9.60. The summed E-state index contributed by atoms with van der Waals surface area (Å²) in [4.78, 5) is 0. The molecule has 142 valence electrons. The largest absolute Gasteiger partial charge is 0.490 e. The lowest BCUT2D eigenvalue weighted by Crippen LogP contribution is -2.08. The van der Waals surface area contributed by atoms with Gasteiger partial charge in [-0.3, -0.25) is 0 Å². The number of hydrogen-bond donors (Lipinski definition) is 0. The zero-order valence-corrected chi connectivity index (χ0v) is 15.3. The Morgan fingerprint density at radius 1 is 0.815 bits per heavy atom. The quantitative estimate of drug-likeness (QED) is 0.477. The maximum Gasteiger partial charge on any atom is 0.131 e. The summed E-state index contributed by atoms with van der Waals surface area (Å²) in [7, 11) is 0. The minimum atomic E-state index is 0.216. The predicted octanol–water partition coefficient (Wildman–Crippen LogP) is 3.06. The van der Waals surface area contributed by atoms with E-state index in [1.165, 1.54) is 11.1 Å². The van der Waals surface area contributed by atoms with Crippen molar-refractivity contribution >= 4 is 10.8 Å². The van der Waals surface area contributed by atoms with E-state index in [9.17, 15) is 0 Å². The van der Waals surface area contributed by atoms with E-state index in [0.717, 1.165) is 54.9 Å². The average molecular weight is 368 g/mol.